The molecule has 4 rings (SSSR count). The van der Waals surface area contributed by atoms with Gasteiger partial charge in [-0.05, 0) is 56.8 Å². The number of rotatable bonds is 4. The fraction of sp³-hybridized carbons (Fsp3) is 0.304. The molecule has 3 aromatic rings. The van der Waals surface area contributed by atoms with E-state index < -0.39 is 6.04 Å². The number of nitrogens with zero attached hydrogens (tertiary/aromatic N) is 2. The van der Waals surface area contributed by atoms with Crippen molar-refractivity contribution in [1.29, 1.82) is 0 Å². The summed E-state index contributed by atoms with van der Waals surface area (Å²) >= 11 is 0. The summed E-state index contributed by atoms with van der Waals surface area (Å²) in [5, 5.41) is 0.532. The highest BCUT2D eigenvalue weighted by molar-refractivity contribution is 5.99. The molecule has 0 unspecified atom stereocenters. The summed E-state index contributed by atoms with van der Waals surface area (Å²) in [6.45, 7) is 5.17. The van der Waals surface area contributed by atoms with Crippen LogP contribution in [0, 0.1) is 13.8 Å². The molecule has 1 aliphatic rings. The minimum Gasteiger partial charge on any atom is -0.450 e. The number of hydrogen-bond acceptors (Lipinski definition) is 4. The van der Waals surface area contributed by atoms with E-state index >= 15 is 0 Å². The molecule has 0 saturated carbocycles. The molecule has 0 N–H and O–H groups in total. The van der Waals surface area contributed by atoms with Crippen molar-refractivity contribution in [3.05, 3.63) is 80.7 Å². The summed E-state index contributed by atoms with van der Waals surface area (Å²) in [6.07, 6.45) is 0. The lowest BCUT2D eigenvalue weighted by Crippen LogP contribution is -2.35. The number of amides is 1. The van der Waals surface area contributed by atoms with E-state index in [2.05, 4.69) is 0 Å². The molecule has 2 aromatic carbocycles. The van der Waals surface area contributed by atoms with E-state index in [1.54, 1.807) is 4.90 Å². The molecule has 0 aliphatic carbocycles. The van der Waals surface area contributed by atoms with Gasteiger partial charge in [-0.15, -0.1) is 0 Å². The van der Waals surface area contributed by atoms with Crippen LogP contribution in [0.1, 0.15) is 38.9 Å². The number of carbonyl (C=O) groups excluding carboxylic acids is 1. The Morgan fingerprint density at radius 3 is 2.39 bits per heavy atom. The first-order chi connectivity index (χ1) is 13.4. The van der Waals surface area contributed by atoms with Crippen LogP contribution in [-0.2, 0) is 0 Å². The largest absolute Gasteiger partial charge is 0.450 e. The summed E-state index contributed by atoms with van der Waals surface area (Å²) < 4.78 is 6.02. The smallest absolute Gasteiger partial charge is 0.290 e. The Labute approximate surface area is 164 Å². The topological polar surface area (TPSA) is 53.8 Å². The van der Waals surface area contributed by atoms with Crippen molar-refractivity contribution in [1.82, 2.24) is 9.80 Å². The lowest BCUT2D eigenvalue weighted by Gasteiger charge is -2.26. The monoisotopic (exact) mass is 376 g/mol. The molecule has 2 heterocycles. The number of benzene rings is 2. The van der Waals surface area contributed by atoms with Crippen LogP contribution in [0.5, 0.6) is 0 Å². The molecule has 1 amide bonds. The lowest BCUT2D eigenvalue weighted by atomic mass is 9.97. The predicted molar refractivity (Wildman–Crippen MR) is 110 cm³/mol. The lowest BCUT2D eigenvalue weighted by molar-refractivity contribution is 0.0716. The maximum absolute atomic E-state index is 13.4. The first-order valence-electron chi connectivity index (χ1n) is 9.47. The predicted octanol–water partition coefficient (Wildman–Crippen LogP) is 3.52. The van der Waals surface area contributed by atoms with E-state index in [1.807, 2.05) is 75.3 Å². The zero-order valence-electron chi connectivity index (χ0n) is 16.7. The highest BCUT2D eigenvalue weighted by atomic mass is 16.3. The molecular formula is C23H24N2O3. The van der Waals surface area contributed by atoms with Crippen molar-refractivity contribution in [2.24, 2.45) is 0 Å². The van der Waals surface area contributed by atoms with Gasteiger partial charge in [0.1, 0.15) is 5.58 Å². The first kappa shape index (κ1) is 18.4. The van der Waals surface area contributed by atoms with Crippen molar-refractivity contribution < 1.29 is 9.21 Å². The summed E-state index contributed by atoms with van der Waals surface area (Å²) in [5.41, 5.74) is 3.79. The average molecular weight is 376 g/mol. The molecular weight excluding hydrogens is 352 g/mol. The number of likely N-dealkylation sites (N-methyl/N-ethyl adjacent to an activating group) is 1. The van der Waals surface area contributed by atoms with E-state index in [-0.39, 0.29) is 17.1 Å². The van der Waals surface area contributed by atoms with Crippen LogP contribution in [-0.4, -0.2) is 42.9 Å². The van der Waals surface area contributed by atoms with Gasteiger partial charge < -0.3 is 14.2 Å². The van der Waals surface area contributed by atoms with E-state index in [9.17, 15) is 9.59 Å². The van der Waals surface area contributed by atoms with Gasteiger partial charge in [-0.3, -0.25) is 9.59 Å². The minimum absolute atomic E-state index is 0.117. The minimum atomic E-state index is -0.425. The van der Waals surface area contributed by atoms with Gasteiger partial charge in [-0.2, -0.15) is 0 Å². The second-order valence-electron chi connectivity index (χ2n) is 7.72. The fourth-order valence-corrected chi connectivity index (χ4v) is 3.80. The maximum Gasteiger partial charge on any atom is 0.290 e. The molecule has 28 heavy (non-hydrogen) atoms. The summed E-state index contributed by atoms with van der Waals surface area (Å²) in [5.74, 6) is -0.0451. The van der Waals surface area contributed by atoms with Crippen molar-refractivity contribution >= 4 is 16.9 Å². The van der Waals surface area contributed by atoms with Crippen LogP contribution in [0.2, 0.25) is 0 Å². The van der Waals surface area contributed by atoms with E-state index in [0.29, 0.717) is 29.6 Å². The number of aryl methyl sites for hydroxylation is 2. The van der Waals surface area contributed by atoms with Gasteiger partial charge in [0.15, 0.2) is 5.43 Å². The molecule has 0 fully saturated rings. The Kier molecular flexibility index (Phi) is 4.55. The second kappa shape index (κ2) is 6.91. The van der Waals surface area contributed by atoms with Gasteiger partial charge in [0.25, 0.3) is 5.91 Å². The van der Waals surface area contributed by atoms with E-state index in [1.165, 1.54) is 0 Å². The van der Waals surface area contributed by atoms with Crippen LogP contribution >= 0.6 is 0 Å². The highest BCUT2D eigenvalue weighted by Gasteiger charge is 2.42. The molecule has 1 aliphatic heterocycles. The zero-order chi connectivity index (χ0) is 20.0. The molecule has 0 radical (unpaired) electrons. The van der Waals surface area contributed by atoms with Crippen LogP contribution in [0.15, 0.2) is 51.7 Å². The van der Waals surface area contributed by atoms with Gasteiger partial charge in [0, 0.05) is 13.1 Å². The molecule has 1 aromatic heterocycles. The van der Waals surface area contributed by atoms with Gasteiger partial charge >= 0.3 is 0 Å². The Bertz CT molecular complexity index is 1120. The third-order valence-electron chi connectivity index (χ3n) is 5.49. The van der Waals surface area contributed by atoms with Crippen molar-refractivity contribution in [3.8, 4) is 0 Å². The number of fused-ring (bicyclic) bond motifs is 2. The number of hydrogen-bond donors (Lipinski definition) is 0. The number of carbonyl (C=O) groups is 1. The van der Waals surface area contributed by atoms with E-state index in [0.717, 1.165) is 16.7 Å². The fourth-order valence-electron chi connectivity index (χ4n) is 3.80. The van der Waals surface area contributed by atoms with Gasteiger partial charge in [-0.1, -0.05) is 30.3 Å². The Hall–Kier alpha value is -2.92. The molecule has 5 heteroatoms. The quantitative estimate of drug-likeness (QED) is 0.699. The Balaban J connectivity index is 1.96. The molecule has 1 atom stereocenters. The molecule has 0 saturated heterocycles. The third kappa shape index (κ3) is 2.92. The molecule has 0 spiro atoms. The zero-order valence-corrected chi connectivity index (χ0v) is 16.7. The standard InChI is InChI=1S/C23H24N2O3/c1-14-12-17-18(13-15(14)2)28-22-19(21(17)26)20(16-8-6-5-7-9-16)25(23(22)27)11-10-24(3)4/h5-9,12-13,20H,10-11H2,1-4H3/t20-/m1/s1. The molecule has 5 nitrogen and oxygen atoms in total. The Morgan fingerprint density at radius 1 is 1.04 bits per heavy atom. The van der Waals surface area contributed by atoms with Gasteiger partial charge in [-0.25, -0.2) is 0 Å². The van der Waals surface area contributed by atoms with E-state index in [4.69, 9.17) is 4.42 Å². The summed E-state index contributed by atoms with van der Waals surface area (Å²) in [6, 6.07) is 13.0. The van der Waals surface area contributed by atoms with Crippen LogP contribution in [0.3, 0.4) is 0 Å². The highest BCUT2D eigenvalue weighted by Crippen LogP contribution is 2.38. The third-order valence-corrected chi connectivity index (χ3v) is 5.49. The first-order valence-corrected chi connectivity index (χ1v) is 9.47. The molecule has 144 valence electrons. The second-order valence-corrected chi connectivity index (χ2v) is 7.72. The Morgan fingerprint density at radius 2 is 1.71 bits per heavy atom. The van der Waals surface area contributed by atoms with Crippen LogP contribution in [0.4, 0.5) is 0 Å². The average Bonchev–Trinajstić information content (AvgIpc) is 2.95. The summed E-state index contributed by atoms with van der Waals surface area (Å²) in [4.78, 5) is 30.4. The van der Waals surface area contributed by atoms with Gasteiger partial charge in [0.2, 0.25) is 5.76 Å². The van der Waals surface area contributed by atoms with Crippen LogP contribution in [0.25, 0.3) is 11.0 Å². The van der Waals surface area contributed by atoms with Gasteiger partial charge in [0.05, 0.1) is 17.0 Å². The maximum atomic E-state index is 13.4. The van der Waals surface area contributed by atoms with Crippen molar-refractivity contribution in [2.45, 2.75) is 19.9 Å². The molecule has 0 bridgehead atoms. The summed E-state index contributed by atoms with van der Waals surface area (Å²) in [7, 11) is 3.93. The van der Waals surface area contributed by atoms with Crippen molar-refractivity contribution in [3.63, 3.8) is 0 Å². The SMILES string of the molecule is Cc1cc2oc3c(c(=O)c2cc1C)[C@@H](c1ccccc1)N(CCN(C)C)C3=O. The van der Waals surface area contributed by atoms with Crippen LogP contribution < -0.4 is 5.43 Å². The van der Waals surface area contributed by atoms with Crippen molar-refractivity contribution in [2.75, 3.05) is 27.2 Å². The normalized spacial score (nSPS) is 16.2.